The molecule has 0 bridgehead atoms. The number of pyridine rings is 1. The fourth-order valence-electron chi connectivity index (χ4n) is 2.42. The highest BCUT2D eigenvalue weighted by Gasteiger charge is 2.29. The number of hydrogen-bond donors (Lipinski definition) is 2. The van der Waals surface area contributed by atoms with Crippen molar-refractivity contribution in [2.75, 3.05) is 26.0 Å². The van der Waals surface area contributed by atoms with Crippen molar-refractivity contribution in [2.45, 2.75) is 25.4 Å². The number of likely N-dealkylation sites (N-methyl/N-ethyl adjacent to an activating group) is 1. The average Bonchev–Trinajstić information content (AvgIpc) is 2.86. The monoisotopic (exact) mass is 248 g/mol. The summed E-state index contributed by atoms with van der Waals surface area (Å²) >= 11 is 0. The minimum absolute atomic E-state index is 0.00763. The van der Waals surface area contributed by atoms with E-state index in [-0.39, 0.29) is 11.9 Å². The Morgan fingerprint density at radius 3 is 3.06 bits per heavy atom. The Hall–Kier alpha value is -1.62. The first kappa shape index (κ1) is 12.8. The standard InChI is InChI=1S/C13H20N4O/c1-14-11-6-10(7-16-8-11)9-17-5-3-4-12(17)13(18)15-2/h6-8,12,14H,3-5,9H2,1-2H3,(H,15,18). The molecule has 0 saturated carbocycles. The molecule has 2 rings (SSSR count). The molecule has 5 nitrogen and oxygen atoms in total. The third-order valence-corrected chi connectivity index (χ3v) is 3.38. The van der Waals surface area contributed by atoms with E-state index in [0.29, 0.717) is 0 Å². The smallest absolute Gasteiger partial charge is 0.237 e. The summed E-state index contributed by atoms with van der Waals surface area (Å²) in [6.45, 7) is 1.75. The van der Waals surface area contributed by atoms with Crippen molar-refractivity contribution >= 4 is 11.6 Å². The molecule has 0 aliphatic carbocycles. The van der Waals surface area contributed by atoms with E-state index >= 15 is 0 Å². The number of anilines is 1. The lowest BCUT2D eigenvalue weighted by atomic mass is 10.2. The lowest BCUT2D eigenvalue weighted by molar-refractivity contribution is -0.125. The van der Waals surface area contributed by atoms with Crippen LogP contribution < -0.4 is 10.6 Å². The Balaban J connectivity index is 2.05. The third-order valence-electron chi connectivity index (χ3n) is 3.38. The molecule has 1 amide bonds. The van der Waals surface area contributed by atoms with Crippen molar-refractivity contribution in [2.24, 2.45) is 0 Å². The van der Waals surface area contributed by atoms with Crippen LogP contribution in [-0.2, 0) is 11.3 Å². The van der Waals surface area contributed by atoms with Gasteiger partial charge in [0.05, 0.1) is 11.7 Å². The summed E-state index contributed by atoms with van der Waals surface area (Å²) in [6, 6.07) is 2.08. The second-order valence-corrected chi connectivity index (χ2v) is 4.57. The summed E-state index contributed by atoms with van der Waals surface area (Å²) in [5, 5.41) is 5.81. The van der Waals surface area contributed by atoms with E-state index in [1.807, 2.05) is 13.2 Å². The van der Waals surface area contributed by atoms with E-state index in [1.54, 1.807) is 13.2 Å². The van der Waals surface area contributed by atoms with Crippen LogP contribution in [0, 0.1) is 0 Å². The van der Waals surface area contributed by atoms with Crippen molar-refractivity contribution in [3.05, 3.63) is 24.0 Å². The van der Waals surface area contributed by atoms with E-state index in [0.717, 1.165) is 37.2 Å². The van der Waals surface area contributed by atoms with Crippen LogP contribution in [0.4, 0.5) is 5.69 Å². The van der Waals surface area contributed by atoms with Gasteiger partial charge in [0.2, 0.25) is 5.91 Å². The first-order valence-corrected chi connectivity index (χ1v) is 6.32. The summed E-state index contributed by atoms with van der Waals surface area (Å²) < 4.78 is 0. The Bertz CT molecular complexity index is 421. The van der Waals surface area contributed by atoms with Crippen molar-refractivity contribution in [3.63, 3.8) is 0 Å². The summed E-state index contributed by atoms with van der Waals surface area (Å²) in [6.07, 6.45) is 5.68. The number of carbonyl (C=O) groups excluding carboxylic acids is 1. The van der Waals surface area contributed by atoms with Crippen LogP contribution in [-0.4, -0.2) is 42.5 Å². The molecule has 98 valence electrons. The van der Waals surface area contributed by atoms with Gasteiger partial charge in [-0.05, 0) is 31.0 Å². The lowest BCUT2D eigenvalue weighted by Crippen LogP contribution is -2.41. The van der Waals surface area contributed by atoms with Gasteiger partial charge in [0.15, 0.2) is 0 Å². The molecule has 0 spiro atoms. The van der Waals surface area contributed by atoms with Crippen molar-refractivity contribution in [3.8, 4) is 0 Å². The second-order valence-electron chi connectivity index (χ2n) is 4.57. The number of carbonyl (C=O) groups is 1. The molecule has 1 fully saturated rings. The molecule has 1 aromatic heterocycles. The van der Waals surface area contributed by atoms with E-state index in [4.69, 9.17) is 0 Å². The summed E-state index contributed by atoms with van der Waals surface area (Å²) in [7, 11) is 3.58. The Labute approximate surface area is 108 Å². The van der Waals surface area contributed by atoms with Gasteiger partial charge in [-0.1, -0.05) is 0 Å². The SMILES string of the molecule is CNC(=O)C1CCCN1Cc1cncc(NC)c1. The topological polar surface area (TPSA) is 57.3 Å². The third kappa shape index (κ3) is 2.79. The van der Waals surface area contributed by atoms with Crippen LogP contribution in [0.25, 0.3) is 0 Å². The first-order chi connectivity index (χ1) is 8.74. The summed E-state index contributed by atoms with van der Waals surface area (Å²) in [5.41, 5.74) is 2.14. The normalized spacial score (nSPS) is 19.8. The van der Waals surface area contributed by atoms with Crippen LogP contribution >= 0.6 is 0 Å². The molecule has 1 aliphatic heterocycles. The van der Waals surface area contributed by atoms with Crippen LogP contribution in [0.5, 0.6) is 0 Å². The molecule has 0 radical (unpaired) electrons. The number of rotatable bonds is 4. The minimum Gasteiger partial charge on any atom is -0.387 e. The van der Waals surface area contributed by atoms with Crippen LogP contribution in [0.1, 0.15) is 18.4 Å². The van der Waals surface area contributed by atoms with Crippen molar-refractivity contribution in [1.82, 2.24) is 15.2 Å². The van der Waals surface area contributed by atoms with Gasteiger partial charge >= 0.3 is 0 Å². The highest BCUT2D eigenvalue weighted by Crippen LogP contribution is 2.20. The Kier molecular flexibility index (Phi) is 4.15. The minimum atomic E-state index is 0.00763. The van der Waals surface area contributed by atoms with Crippen molar-refractivity contribution in [1.29, 1.82) is 0 Å². The molecular formula is C13H20N4O. The number of hydrogen-bond acceptors (Lipinski definition) is 4. The molecule has 2 heterocycles. The molecule has 0 aromatic carbocycles. The molecule has 1 atom stereocenters. The van der Waals surface area contributed by atoms with Gasteiger partial charge in [-0.15, -0.1) is 0 Å². The Morgan fingerprint density at radius 1 is 1.50 bits per heavy atom. The highest BCUT2D eigenvalue weighted by molar-refractivity contribution is 5.81. The second kappa shape index (κ2) is 5.82. The fraction of sp³-hybridized carbons (Fsp3) is 0.538. The Morgan fingerprint density at radius 2 is 2.33 bits per heavy atom. The maximum Gasteiger partial charge on any atom is 0.237 e. The predicted octanol–water partition coefficient (Wildman–Crippen LogP) is 0.834. The van der Waals surface area contributed by atoms with E-state index in [9.17, 15) is 4.79 Å². The number of aromatic nitrogens is 1. The first-order valence-electron chi connectivity index (χ1n) is 6.32. The van der Waals surface area contributed by atoms with Gasteiger partial charge in [0.1, 0.15) is 0 Å². The van der Waals surface area contributed by atoms with Crippen LogP contribution in [0.3, 0.4) is 0 Å². The quantitative estimate of drug-likeness (QED) is 0.829. The predicted molar refractivity (Wildman–Crippen MR) is 71.3 cm³/mol. The zero-order valence-corrected chi connectivity index (χ0v) is 10.9. The van der Waals surface area contributed by atoms with Gasteiger partial charge < -0.3 is 10.6 Å². The van der Waals surface area contributed by atoms with E-state index in [2.05, 4.69) is 26.6 Å². The molecule has 1 aromatic rings. The number of amides is 1. The van der Waals surface area contributed by atoms with E-state index < -0.39 is 0 Å². The van der Waals surface area contributed by atoms with E-state index in [1.165, 1.54) is 0 Å². The molecule has 2 N–H and O–H groups in total. The van der Waals surface area contributed by atoms with Gasteiger partial charge in [-0.3, -0.25) is 14.7 Å². The molecule has 1 saturated heterocycles. The van der Waals surface area contributed by atoms with Gasteiger partial charge in [0.25, 0.3) is 0 Å². The fourth-order valence-corrected chi connectivity index (χ4v) is 2.42. The molecular weight excluding hydrogens is 228 g/mol. The molecule has 18 heavy (non-hydrogen) atoms. The maximum absolute atomic E-state index is 11.8. The number of likely N-dealkylation sites (tertiary alicyclic amines) is 1. The van der Waals surface area contributed by atoms with Crippen LogP contribution in [0.15, 0.2) is 18.5 Å². The lowest BCUT2D eigenvalue weighted by Gasteiger charge is -2.23. The number of nitrogens with zero attached hydrogens (tertiary/aromatic N) is 2. The van der Waals surface area contributed by atoms with Gasteiger partial charge in [-0.25, -0.2) is 0 Å². The highest BCUT2D eigenvalue weighted by atomic mass is 16.2. The van der Waals surface area contributed by atoms with Gasteiger partial charge in [0, 0.05) is 33.0 Å². The molecule has 5 heteroatoms. The number of nitrogens with one attached hydrogen (secondary N) is 2. The zero-order chi connectivity index (χ0) is 13.0. The van der Waals surface area contributed by atoms with Crippen molar-refractivity contribution < 1.29 is 4.79 Å². The zero-order valence-electron chi connectivity index (χ0n) is 10.9. The maximum atomic E-state index is 11.8. The summed E-state index contributed by atoms with van der Waals surface area (Å²) in [5.74, 6) is 0.116. The molecule has 1 aliphatic rings. The largest absolute Gasteiger partial charge is 0.387 e. The van der Waals surface area contributed by atoms with Crippen LogP contribution in [0.2, 0.25) is 0 Å². The van der Waals surface area contributed by atoms with Gasteiger partial charge in [-0.2, -0.15) is 0 Å². The summed E-state index contributed by atoms with van der Waals surface area (Å²) in [4.78, 5) is 18.2. The average molecular weight is 248 g/mol. The molecule has 1 unspecified atom stereocenters.